The Kier molecular flexibility index (Phi) is 6.20. The Morgan fingerprint density at radius 2 is 1.97 bits per heavy atom. The molecular formula is C24H33N3O5. The Morgan fingerprint density at radius 1 is 1.12 bits per heavy atom. The molecule has 4 aliphatic rings. The summed E-state index contributed by atoms with van der Waals surface area (Å²) >= 11 is 0. The van der Waals surface area contributed by atoms with Gasteiger partial charge in [0.2, 0.25) is 11.8 Å². The largest absolute Gasteiger partial charge is 0.492 e. The maximum atomic E-state index is 12.3. The number of aliphatic hydroxyl groups excluding tert-OH is 2. The number of imide groups is 1. The number of rotatable bonds is 6. The second-order valence-electron chi connectivity index (χ2n) is 9.82. The molecule has 8 heteroatoms. The fraction of sp³-hybridized carbons (Fsp3) is 0.667. The van der Waals surface area contributed by atoms with Crippen molar-refractivity contribution < 1.29 is 24.5 Å². The van der Waals surface area contributed by atoms with Gasteiger partial charge in [0.05, 0.1) is 12.1 Å². The lowest BCUT2D eigenvalue weighted by Gasteiger charge is -2.41. The van der Waals surface area contributed by atoms with Gasteiger partial charge >= 0.3 is 0 Å². The van der Waals surface area contributed by atoms with Crippen LogP contribution in [-0.4, -0.2) is 69.7 Å². The zero-order valence-corrected chi connectivity index (χ0v) is 18.4. The molecule has 1 aliphatic carbocycles. The summed E-state index contributed by atoms with van der Waals surface area (Å²) in [4.78, 5) is 28.0. The van der Waals surface area contributed by atoms with Gasteiger partial charge < -0.3 is 14.9 Å². The molecule has 1 saturated carbocycles. The van der Waals surface area contributed by atoms with Gasteiger partial charge in [-0.25, -0.2) is 0 Å². The third kappa shape index (κ3) is 4.41. The number of amides is 2. The Balaban J connectivity index is 1.20. The van der Waals surface area contributed by atoms with E-state index in [9.17, 15) is 19.8 Å². The highest BCUT2D eigenvalue weighted by molar-refractivity contribution is 6.00. The van der Waals surface area contributed by atoms with Gasteiger partial charge in [0.1, 0.15) is 18.6 Å². The molecule has 8 nitrogen and oxygen atoms in total. The molecule has 0 spiro atoms. The number of piperidine rings is 2. The van der Waals surface area contributed by atoms with Gasteiger partial charge in [0.15, 0.2) is 0 Å². The number of nitrogens with zero attached hydrogens (tertiary/aromatic N) is 2. The molecule has 0 bridgehead atoms. The van der Waals surface area contributed by atoms with Gasteiger partial charge in [-0.3, -0.25) is 24.7 Å². The van der Waals surface area contributed by atoms with E-state index in [1.54, 1.807) is 4.90 Å². The first-order chi connectivity index (χ1) is 15.5. The van der Waals surface area contributed by atoms with Crippen molar-refractivity contribution in [3.05, 3.63) is 29.3 Å². The van der Waals surface area contributed by atoms with Crippen LogP contribution in [0.4, 0.5) is 0 Å². The minimum absolute atomic E-state index is 0.110. The second kappa shape index (κ2) is 9.09. The summed E-state index contributed by atoms with van der Waals surface area (Å²) in [6.07, 6.45) is 5.16. The number of benzene rings is 1. The van der Waals surface area contributed by atoms with Gasteiger partial charge in [0, 0.05) is 31.1 Å². The average molecular weight is 444 g/mol. The molecule has 3 atom stereocenters. The Labute approximate surface area is 188 Å². The van der Waals surface area contributed by atoms with Gasteiger partial charge in [-0.2, -0.15) is 0 Å². The normalized spacial score (nSPS) is 33.5. The maximum absolute atomic E-state index is 12.3. The van der Waals surface area contributed by atoms with Crippen molar-refractivity contribution >= 4 is 11.8 Å². The number of aliphatic hydroxyl groups is 2. The standard InChI is InChI=1S/C24H33N3O5/c28-18-9-15(10-18)12-26-8-2-1-3-17(26)14-32-19-4-5-20-16(11-19)13-27(24(20)31)21-6-7-22(29)25-23(21)30/h4-5,11,15,17-18,21,24,28,31H,1-3,6-10,12-14H2,(H,25,29,30)/t15-,17-,18+,21?,24?/m1/s1. The van der Waals surface area contributed by atoms with Crippen molar-refractivity contribution in [2.45, 2.75) is 75.9 Å². The maximum Gasteiger partial charge on any atom is 0.244 e. The Morgan fingerprint density at radius 3 is 2.75 bits per heavy atom. The van der Waals surface area contributed by atoms with E-state index in [1.807, 2.05) is 18.2 Å². The van der Waals surface area contributed by atoms with E-state index in [4.69, 9.17) is 4.74 Å². The van der Waals surface area contributed by atoms with Crippen LogP contribution in [0.25, 0.3) is 0 Å². The third-order valence-electron chi connectivity index (χ3n) is 7.57. The van der Waals surface area contributed by atoms with Crippen LogP contribution in [0.15, 0.2) is 18.2 Å². The quantitative estimate of drug-likeness (QED) is 0.570. The summed E-state index contributed by atoms with van der Waals surface area (Å²) in [6.45, 7) is 3.23. The number of hydrogen-bond acceptors (Lipinski definition) is 7. The topological polar surface area (TPSA) is 102 Å². The molecule has 2 amide bonds. The predicted octanol–water partition coefficient (Wildman–Crippen LogP) is 1.30. The van der Waals surface area contributed by atoms with Crippen molar-refractivity contribution in [2.24, 2.45) is 5.92 Å². The lowest BCUT2D eigenvalue weighted by molar-refractivity contribution is -0.141. The Bertz CT molecular complexity index is 871. The first-order valence-corrected chi connectivity index (χ1v) is 11.9. The van der Waals surface area contributed by atoms with Crippen LogP contribution in [0.5, 0.6) is 5.75 Å². The summed E-state index contributed by atoms with van der Waals surface area (Å²) in [7, 11) is 0. The van der Waals surface area contributed by atoms with Crippen LogP contribution in [0.1, 0.15) is 62.3 Å². The number of fused-ring (bicyclic) bond motifs is 1. The van der Waals surface area contributed by atoms with Crippen molar-refractivity contribution in [3.63, 3.8) is 0 Å². The highest BCUT2D eigenvalue weighted by atomic mass is 16.5. The van der Waals surface area contributed by atoms with Crippen LogP contribution < -0.4 is 10.1 Å². The molecule has 1 aromatic rings. The monoisotopic (exact) mass is 443 g/mol. The van der Waals surface area contributed by atoms with E-state index in [1.165, 1.54) is 12.8 Å². The molecule has 174 valence electrons. The van der Waals surface area contributed by atoms with Crippen molar-refractivity contribution in [1.82, 2.24) is 15.1 Å². The molecule has 32 heavy (non-hydrogen) atoms. The fourth-order valence-corrected chi connectivity index (χ4v) is 5.66. The van der Waals surface area contributed by atoms with E-state index in [-0.39, 0.29) is 17.9 Å². The summed E-state index contributed by atoms with van der Waals surface area (Å²) in [6, 6.07) is 5.64. The Hall–Kier alpha value is -2.00. The molecule has 3 aliphatic heterocycles. The third-order valence-corrected chi connectivity index (χ3v) is 7.57. The summed E-state index contributed by atoms with van der Waals surface area (Å²) in [5.41, 5.74) is 1.76. The van der Waals surface area contributed by atoms with Crippen molar-refractivity contribution in [2.75, 3.05) is 19.7 Å². The minimum atomic E-state index is -0.852. The van der Waals surface area contributed by atoms with Crippen LogP contribution in [0.3, 0.4) is 0 Å². The van der Waals surface area contributed by atoms with Crippen LogP contribution in [0, 0.1) is 5.92 Å². The molecule has 3 fully saturated rings. The molecule has 0 aromatic heterocycles. The average Bonchev–Trinajstić information content (AvgIpc) is 3.07. The van der Waals surface area contributed by atoms with E-state index in [0.29, 0.717) is 38.0 Å². The molecule has 0 radical (unpaired) electrons. The van der Waals surface area contributed by atoms with Crippen molar-refractivity contribution in [3.8, 4) is 5.75 Å². The highest BCUT2D eigenvalue weighted by Crippen LogP contribution is 2.37. The highest BCUT2D eigenvalue weighted by Gasteiger charge is 2.40. The van der Waals surface area contributed by atoms with Gasteiger partial charge in [0.25, 0.3) is 0 Å². The van der Waals surface area contributed by atoms with Gasteiger partial charge in [-0.05, 0) is 62.3 Å². The molecule has 2 unspecified atom stereocenters. The molecule has 5 rings (SSSR count). The number of hydrogen-bond donors (Lipinski definition) is 3. The van der Waals surface area contributed by atoms with Gasteiger partial charge in [-0.15, -0.1) is 0 Å². The van der Waals surface area contributed by atoms with E-state index < -0.39 is 12.3 Å². The van der Waals surface area contributed by atoms with Crippen LogP contribution in [0.2, 0.25) is 0 Å². The smallest absolute Gasteiger partial charge is 0.244 e. The summed E-state index contributed by atoms with van der Waals surface area (Å²) in [5, 5.41) is 22.7. The van der Waals surface area contributed by atoms with Crippen molar-refractivity contribution in [1.29, 1.82) is 0 Å². The summed E-state index contributed by atoms with van der Waals surface area (Å²) in [5.74, 6) is 0.801. The zero-order chi connectivity index (χ0) is 22.2. The van der Waals surface area contributed by atoms with Crippen LogP contribution >= 0.6 is 0 Å². The fourth-order valence-electron chi connectivity index (χ4n) is 5.66. The zero-order valence-electron chi connectivity index (χ0n) is 18.4. The summed E-state index contributed by atoms with van der Waals surface area (Å²) < 4.78 is 6.19. The number of ether oxygens (including phenoxy) is 1. The minimum Gasteiger partial charge on any atom is -0.492 e. The number of carbonyl (C=O) groups is 2. The molecule has 3 heterocycles. The van der Waals surface area contributed by atoms with E-state index in [0.717, 1.165) is 49.2 Å². The SMILES string of the molecule is O=C1CCC(N2Cc3cc(OC[C@H]4CCCCN4C[C@H]4C[C@@H](O)C4)ccc3C2O)C(=O)N1. The molecule has 1 aromatic carbocycles. The van der Waals surface area contributed by atoms with Gasteiger partial charge in [-0.1, -0.05) is 12.5 Å². The lowest BCUT2D eigenvalue weighted by atomic mass is 9.81. The number of nitrogens with one attached hydrogen (secondary N) is 1. The predicted molar refractivity (Wildman–Crippen MR) is 117 cm³/mol. The number of likely N-dealkylation sites (tertiary alicyclic amines) is 1. The number of carbonyl (C=O) groups excluding carboxylic acids is 2. The van der Waals surface area contributed by atoms with Crippen LogP contribution in [-0.2, 0) is 16.1 Å². The van der Waals surface area contributed by atoms with E-state index >= 15 is 0 Å². The first kappa shape index (κ1) is 21.8. The van der Waals surface area contributed by atoms with E-state index in [2.05, 4.69) is 10.2 Å². The first-order valence-electron chi connectivity index (χ1n) is 11.9. The molecule has 2 saturated heterocycles. The molecule has 3 N–H and O–H groups in total. The molecular weight excluding hydrogens is 410 g/mol. The second-order valence-corrected chi connectivity index (χ2v) is 9.82. The lowest BCUT2D eigenvalue weighted by Crippen LogP contribution is -2.51.